The molecule has 0 aliphatic rings. The number of aliphatic carboxylic acids is 1. The van der Waals surface area contributed by atoms with E-state index in [0.29, 0.717) is 6.42 Å². The summed E-state index contributed by atoms with van der Waals surface area (Å²) < 4.78 is 0. The van der Waals surface area contributed by atoms with Crippen LogP contribution in [0.15, 0.2) is 24.4 Å². The molecule has 0 atom stereocenters. The summed E-state index contributed by atoms with van der Waals surface area (Å²) in [5.74, 6) is -2.37. The molecule has 0 radical (unpaired) electrons. The van der Waals surface area contributed by atoms with Gasteiger partial charge in [-0.2, -0.15) is 0 Å². The number of carboxylic acid groups (broad SMARTS) is 1. The first-order chi connectivity index (χ1) is 8.99. The monoisotopic (exact) mass is 265 g/mol. The van der Waals surface area contributed by atoms with Gasteiger partial charge in [0.05, 0.1) is 6.54 Å². The summed E-state index contributed by atoms with van der Waals surface area (Å²) in [6.07, 6.45) is 2.07. The molecular weight excluding hydrogens is 250 g/mol. The highest BCUT2D eigenvalue weighted by Gasteiger charge is 2.18. The third kappa shape index (κ3) is 5.62. The van der Waals surface area contributed by atoms with Crippen molar-refractivity contribution in [2.75, 3.05) is 13.1 Å². The number of aromatic nitrogens is 1. The van der Waals surface area contributed by atoms with Crippen LogP contribution in [0, 0.1) is 0 Å². The normalized spacial score (nSPS) is 9.89. The van der Waals surface area contributed by atoms with Gasteiger partial charge in [-0.25, -0.2) is 0 Å². The van der Waals surface area contributed by atoms with Gasteiger partial charge in [0.1, 0.15) is 6.54 Å². The Morgan fingerprint density at radius 1 is 1.26 bits per heavy atom. The highest BCUT2D eigenvalue weighted by atomic mass is 16.4. The van der Waals surface area contributed by atoms with Gasteiger partial charge in [0.2, 0.25) is 11.8 Å². The number of primary amides is 1. The summed E-state index contributed by atoms with van der Waals surface area (Å²) in [5.41, 5.74) is 5.70. The standard InChI is InChI=1S/C12H15N3O4/c13-10(16)7-15(8-12(18)19)11(17)5-4-9-3-1-2-6-14-9/h1-3,6H,4-5,7-8H2,(H2,13,16)(H,18,19). The topological polar surface area (TPSA) is 114 Å². The molecule has 1 heterocycles. The van der Waals surface area contributed by atoms with Crippen molar-refractivity contribution in [2.45, 2.75) is 12.8 Å². The Kier molecular flexibility index (Phi) is 5.46. The van der Waals surface area contributed by atoms with Crippen molar-refractivity contribution in [2.24, 2.45) is 5.73 Å². The van der Waals surface area contributed by atoms with Crippen LogP contribution in [0.5, 0.6) is 0 Å². The fourth-order valence-electron chi connectivity index (χ4n) is 1.52. The second-order valence-corrected chi connectivity index (χ2v) is 3.93. The van der Waals surface area contributed by atoms with Gasteiger partial charge in [-0.05, 0) is 18.6 Å². The summed E-state index contributed by atoms with van der Waals surface area (Å²) in [7, 11) is 0. The van der Waals surface area contributed by atoms with E-state index in [-0.39, 0.29) is 6.42 Å². The van der Waals surface area contributed by atoms with Crippen LogP contribution in [0.1, 0.15) is 12.1 Å². The van der Waals surface area contributed by atoms with Gasteiger partial charge >= 0.3 is 5.97 Å². The summed E-state index contributed by atoms with van der Waals surface area (Å²) in [4.78, 5) is 38.2. The lowest BCUT2D eigenvalue weighted by Crippen LogP contribution is -2.41. The number of nitrogens with two attached hydrogens (primary N) is 1. The van der Waals surface area contributed by atoms with Crippen LogP contribution < -0.4 is 5.73 Å². The van der Waals surface area contributed by atoms with Crippen molar-refractivity contribution in [3.05, 3.63) is 30.1 Å². The van der Waals surface area contributed by atoms with Gasteiger partial charge in [-0.15, -0.1) is 0 Å². The smallest absolute Gasteiger partial charge is 0.323 e. The van der Waals surface area contributed by atoms with E-state index < -0.39 is 30.9 Å². The second kappa shape index (κ2) is 7.10. The lowest BCUT2D eigenvalue weighted by molar-refractivity contribution is -0.145. The molecule has 1 aromatic rings. The minimum atomic E-state index is -1.19. The Morgan fingerprint density at radius 3 is 2.53 bits per heavy atom. The Morgan fingerprint density at radius 2 is 2.00 bits per heavy atom. The van der Waals surface area contributed by atoms with Crippen LogP contribution in [0.4, 0.5) is 0 Å². The molecule has 0 aromatic carbocycles. The molecule has 7 heteroatoms. The van der Waals surface area contributed by atoms with Crippen molar-refractivity contribution < 1.29 is 19.5 Å². The molecule has 0 aliphatic heterocycles. The number of carboxylic acids is 1. The molecule has 0 fully saturated rings. The largest absolute Gasteiger partial charge is 0.480 e. The molecule has 0 spiro atoms. The molecule has 2 amide bonds. The summed E-state index contributed by atoms with van der Waals surface area (Å²) in [5, 5.41) is 8.67. The summed E-state index contributed by atoms with van der Waals surface area (Å²) in [6.45, 7) is -0.933. The maximum Gasteiger partial charge on any atom is 0.323 e. The molecule has 102 valence electrons. The Bertz CT molecular complexity index is 445. The zero-order valence-electron chi connectivity index (χ0n) is 10.3. The van der Waals surface area contributed by atoms with Crippen molar-refractivity contribution in [3.8, 4) is 0 Å². The first-order valence-corrected chi connectivity index (χ1v) is 5.67. The highest BCUT2D eigenvalue weighted by Crippen LogP contribution is 2.02. The number of rotatable bonds is 7. The number of aryl methyl sites for hydroxylation is 1. The summed E-state index contributed by atoms with van der Waals surface area (Å²) in [6, 6.07) is 5.32. The van der Waals surface area contributed by atoms with E-state index in [9.17, 15) is 14.4 Å². The Labute approximate surface area is 110 Å². The zero-order chi connectivity index (χ0) is 14.3. The maximum atomic E-state index is 11.8. The van der Waals surface area contributed by atoms with E-state index >= 15 is 0 Å². The maximum absolute atomic E-state index is 11.8. The predicted octanol–water partition coefficient (Wildman–Crippen LogP) is -0.587. The molecule has 7 nitrogen and oxygen atoms in total. The first kappa shape index (κ1) is 14.6. The fraction of sp³-hybridized carbons (Fsp3) is 0.333. The number of carbonyl (C=O) groups excluding carboxylic acids is 2. The van der Waals surface area contributed by atoms with Gasteiger partial charge in [0.15, 0.2) is 0 Å². The zero-order valence-corrected chi connectivity index (χ0v) is 10.3. The van der Waals surface area contributed by atoms with Crippen LogP contribution >= 0.6 is 0 Å². The van der Waals surface area contributed by atoms with Gasteiger partial charge in [-0.1, -0.05) is 6.07 Å². The predicted molar refractivity (Wildman–Crippen MR) is 66.0 cm³/mol. The van der Waals surface area contributed by atoms with Crippen molar-refractivity contribution in [1.29, 1.82) is 0 Å². The average molecular weight is 265 g/mol. The number of amides is 2. The Balaban J connectivity index is 2.56. The first-order valence-electron chi connectivity index (χ1n) is 5.67. The van der Waals surface area contributed by atoms with E-state index in [4.69, 9.17) is 10.8 Å². The van der Waals surface area contributed by atoms with Gasteiger partial charge in [0.25, 0.3) is 0 Å². The molecule has 0 unspecified atom stereocenters. The van der Waals surface area contributed by atoms with Gasteiger partial charge in [0, 0.05) is 18.3 Å². The van der Waals surface area contributed by atoms with Crippen LogP contribution in [0.3, 0.4) is 0 Å². The number of pyridine rings is 1. The molecule has 19 heavy (non-hydrogen) atoms. The molecule has 1 aromatic heterocycles. The van der Waals surface area contributed by atoms with E-state index in [1.165, 1.54) is 0 Å². The lowest BCUT2D eigenvalue weighted by atomic mass is 10.2. The molecule has 0 saturated carbocycles. The van der Waals surface area contributed by atoms with E-state index in [1.54, 1.807) is 24.4 Å². The van der Waals surface area contributed by atoms with Crippen molar-refractivity contribution >= 4 is 17.8 Å². The summed E-state index contributed by atoms with van der Waals surface area (Å²) >= 11 is 0. The minimum Gasteiger partial charge on any atom is -0.480 e. The molecule has 1 rings (SSSR count). The molecule has 0 aliphatic carbocycles. The number of hydrogen-bond acceptors (Lipinski definition) is 4. The van der Waals surface area contributed by atoms with Gasteiger partial charge in [-0.3, -0.25) is 19.4 Å². The Hall–Kier alpha value is -2.44. The highest BCUT2D eigenvalue weighted by molar-refractivity contribution is 5.86. The number of hydrogen-bond donors (Lipinski definition) is 2. The number of nitrogens with zero attached hydrogens (tertiary/aromatic N) is 2. The van der Waals surface area contributed by atoms with Crippen LogP contribution in [0.25, 0.3) is 0 Å². The molecular formula is C12H15N3O4. The average Bonchev–Trinajstić information content (AvgIpc) is 2.35. The quantitative estimate of drug-likeness (QED) is 0.684. The number of carbonyl (C=O) groups is 3. The van der Waals surface area contributed by atoms with E-state index in [2.05, 4.69) is 4.98 Å². The molecule has 0 bridgehead atoms. The SMILES string of the molecule is NC(=O)CN(CC(=O)O)C(=O)CCc1ccccn1. The van der Waals surface area contributed by atoms with E-state index in [1.807, 2.05) is 0 Å². The minimum absolute atomic E-state index is 0.0809. The molecule has 3 N–H and O–H groups in total. The van der Waals surface area contributed by atoms with Crippen molar-refractivity contribution in [1.82, 2.24) is 9.88 Å². The second-order valence-electron chi connectivity index (χ2n) is 3.93. The third-order valence-electron chi connectivity index (χ3n) is 2.35. The molecule has 0 saturated heterocycles. The van der Waals surface area contributed by atoms with Gasteiger partial charge < -0.3 is 15.7 Å². The van der Waals surface area contributed by atoms with E-state index in [0.717, 1.165) is 10.6 Å². The van der Waals surface area contributed by atoms with Crippen LogP contribution in [-0.2, 0) is 20.8 Å². The van der Waals surface area contributed by atoms with Crippen molar-refractivity contribution in [3.63, 3.8) is 0 Å². The van der Waals surface area contributed by atoms with Crippen LogP contribution in [0.2, 0.25) is 0 Å². The van der Waals surface area contributed by atoms with Crippen LogP contribution in [-0.4, -0.2) is 45.9 Å². The lowest BCUT2D eigenvalue weighted by Gasteiger charge is -2.18. The third-order valence-corrected chi connectivity index (χ3v) is 2.35. The fourth-order valence-corrected chi connectivity index (χ4v) is 1.52.